The number of aryl methyl sites for hydroxylation is 1. The highest BCUT2D eigenvalue weighted by Crippen LogP contribution is 2.09. The summed E-state index contributed by atoms with van der Waals surface area (Å²) in [5.41, 5.74) is 1.01. The first-order valence-corrected chi connectivity index (χ1v) is 13.5. The maximum atomic E-state index is 12.5. The second-order valence-electron chi connectivity index (χ2n) is 8.13. The maximum absolute atomic E-state index is 12.5. The summed E-state index contributed by atoms with van der Waals surface area (Å²) in [4.78, 5) is 14.2. The average Bonchev–Trinajstić information content (AvgIpc) is 2.75. The Morgan fingerprint density at radius 2 is 1.66 bits per heavy atom. The van der Waals surface area contributed by atoms with Crippen molar-refractivity contribution in [1.82, 2.24) is 4.90 Å². The van der Waals surface area contributed by atoms with Crippen molar-refractivity contribution < 1.29 is 22.3 Å². The summed E-state index contributed by atoms with van der Waals surface area (Å²) in [5, 5.41) is 0. The second kappa shape index (κ2) is 16.6. The number of amides is 1. The highest BCUT2D eigenvalue weighted by Gasteiger charge is 2.11. The molecule has 1 N–H and O–H groups in total. The van der Waals surface area contributed by atoms with Crippen molar-refractivity contribution in [3.05, 3.63) is 54.4 Å². The molecule has 0 saturated carbocycles. The molecule has 0 aliphatic heterocycles. The number of unbranched alkanes of at least 4 members (excludes halogenated alkanes) is 7. The van der Waals surface area contributed by atoms with Crippen molar-refractivity contribution in [2.24, 2.45) is 0 Å². The summed E-state index contributed by atoms with van der Waals surface area (Å²) in [6.07, 6.45) is 21.8. The molecule has 0 bridgehead atoms. The lowest BCUT2D eigenvalue weighted by atomic mass is 10.1. The van der Waals surface area contributed by atoms with Crippen LogP contribution in [0.15, 0.2) is 48.8 Å². The number of pyridine rings is 1. The van der Waals surface area contributed by atoms with Gasteiger partial charge in [0.2, 0.25) is 5.91 Å². The molecule has 1 aromatic rings. The lowest BCUT2D eigenvalue weighted by molar-refractivity contribution is -0.696. The monoisotopic (exact) mass is 465 g/mol. The number of hydrogen-bond acceptors (Lipinski definition) is 3. The quantitative estimate of drug-likeness (QED) is 0.117. The van der Waals surface area contributed by atoms with Crippen LogP contribution in [0.2, 0.25) is 0 Å². The maximum Gasteiger partial charge on any atom is 0.265 e. The van der Waals surface area contributed by atoms with E-state index in [1.54, 1.807) is 11.0 Å². The molecule has 0 aromatic carbocycles. The van der Waals surface area contributed by atoms with E-state index in [4.69, 9.17) is 4.55 Å². The van der Waals surface area contributed by atoms with Crippen molar-refractivity contribution >= 4 is 16.0 Å². The van der Waals surface area contributed by atoms with Crippen LogP contribution in [0, 0.1) is 0 Å². The molecule has 0 aliphatic rings. The Morgan fingerprint density at radius 3 is 2.28 bits per heavy atom. The van der Waals surface area contributed by atoms with Crippen LogP contribution in [0.4, 0.5) is 0 Å². The Morgan fingerprint density at radius 1 is 1.00 bits per heavy atom. The molecule has 0 aliphatic carbocycles. The standard InChI is InChI=1S/C25H40N2O4S/c1-3-5-6-7-8-9-10-11-12-13-14-16-25(28)27(4-2)23-24-17-20-26(21-18-24)19-15-22-32(29,30)31/h12-14,16-18,20-21H,3-11,15,19,22-23H2,1-2H3/p+1/b13-12+,16-14+. The number of carbonyl (C=O) groups excluding carboxylic acids is 1. The third-order valence-corrected chi connectivity index (χ3v) is 6.11. The number of nitrogens with zero attached hydrogens (tertiary/aromatic N) is 2. The number of allylic oxidation sites excluding steroid dienone is 3. The van der Waals surface area contributed by atoms with Crippen molar-refractivity contribution in [1.29, 1.82) is 0 Å². The van der Waals surface area contributed by atoms with Crippen molar-refractivity contribution in [2.45, 2.75) is 84.7 Å². The molecule has 1 aromatic heterocycles. The summed E-state index contributed by atoms with van der Waals surface area (Å²) in [6.45, 7) is 5.84. The number of hydrogen-bond donors (Lipinski definition) is 1. The van der Waals surface area contributed by atoms with Gasteiger partial charge in [-0.25, -0.2) is 4.57 Å². The molecule has 180 valence electrons. The Kier molecular flexibility index (Phi) is 14.6. The van der Waals surface area contributed by atoms with Crippen LogP contribution in [0.5, 0.6) is 0 Å². The highest BCUT2D eigenvalue weighted by atomic mass is 32.2. The van der Waals surface area contributed by atoms with Crippen molar-refractivity contribution in [3.8, 4) is 0 Å². The zero-order chi connectivity index (χ0) is 23.7. The van der Waals surface area contributed by atoms with Crippen LogP contribution in [-0.2, 0) is 28.0 Å². The molecule has 0 radical (unpaired) electrons. The highest BCUT2D eigenvalue weighted by molar-refractivity contribution is 7.85. The molecule has 0 fully saturated rings. The lowest BCUT2D eigenvalue weighted by Crippen LogP contribution is -2.34. The summed E-state index contributed by atoms with van der Waals surface area (Å²) < 4.78 is 32.2. The van der Waals surface area contributed by atoms with Gasteiger partial charge in [0.1, 0.15) is 6.54 Å². The molecule has 1 rings (SSSR count). The van der Waals surface area contributed by atoms with Gasteiger partial charge >= 0.3 is 0 Å². The van der Waals surface area contributed by atoms with Gasteiger partial charge in [-0.15, -0.1) is 0 Å². The molecule has 0 spiro atoms. The van der Waals surface area contributed by atoms with E-state index in [9.17, 15) is 13.2 Å². The van der Waals surface area contributed by atoms with E-state index in [2.05, 4.69) is 13.0 Å². The van der Waals surface area contributed by atoms with Gasteiger partial charge in [0.15, 0.2) is 12.4 Å². The number of carbonyl (C=O) groups is 1. The Labute approximate surface area is 194 Å². The van der Waals surface area contributed by atoms with Gasteiger partial charge in [0.05, 0.1) is 5.75 Å². The Hall–Kier alpha value is -1.99. The van der Waals surface area contributed by atoms with Gasteiger partial charge in [-0.3, -0.25) is 9.35 Å². The smallest absolute Gasteiger partial charge is 0.265 e. The second-order valence-corrected chi connectivity index (χ2v) is 9.71. The zero-order valence-electron chi connectivity index (χ0n) is 19.8. The van der Waals surface area contributed by atoms with E-state index in [1.807, 2.05) is 48.2 Å². The van der Waals surface area contributed by atoms with Gasteiger partial charge in [-0.05, 0) is 25.3 Å². The van der Waals surface area contributed by atoms with E-state index in [1.165, 1.54) is 44.9 Å². The minimum atomic E-state index is -3.92. The van der Waals surface area contributed by atoms with E-state index in [0.29, 0.717) is 26.1 Å². The Balaban J connectivity index is 2.34. The van der Waals surface area contributed by atoms with Gasteiger partial charge in [-0.1, -0.05) is 63.7 Å². The molecule has 0 atom stereocenters. The number of aromatic nitrogens is 1. The Bertz CT molecular complexity index is 802. The fourth-order valence-electron chi connectivity index (χ4n) is 3.38. The molecule has 7 heteroatoms. The minimum Gasteiger partial charge on any atom is -0.335 e. The topological polar surface area (TPSA) is 78.6 Å². The fraction of sp³-hybridized carbons (Fsp3) is 0.600. The van der Waals surface area contributed by atoms with E-state index in [0.717, 1.165) is 12.0 Å². The van der Waals surface area contributed by atoms with E-state index < -0.39 is 10.1 Å². The van der Waals surface area contributed by atoms with Gasteiger partial charge in [0.25, 0.3) is 10.1 Å². The van der Waals surface area contributed by atoms with Gasteiger partial charge in [-0.2, -0.15) is 8.42 Å². The van der Waals surface area contributed by atoms with Crippen molar-refractivity contribution in [2.75, 3.05) is 12.3 Å². The number of rotatable bonds is 17. The predicted molar refractivity (Wildman–Crippen MR) is 130 cm³/mol. The zero-order valence-corrected chi connectivity index (χ0v) is 20.6. The lowest BCUT2D eigenvalue weighted by Gasteiger charge is -2.18. The summed E-state index contributed by atoms with van der Waals surface area (Å²) in [6, 6.07) is 3.85. The summed E-state index contributed by atoms with van der Waals surface area (Å²) in [5.74, 6) is -0.266. The molecule has 6 nitrogen and oxygen atoms in total. The molecule has 0 unspecified atom stereocenters. The van der Waals surface area contributed by atoms with Crippen LogP contribution >= 0.6 is 0 Å². The molecular formula is C25H41N2O4S+. The molecular weight excluding hydrogens is 424 g/mol. The first kappa shape index (κ1) is 28.0. The average molecular weight is 466 g/mol. The van der Waals surface area contributed by atoms with Gasteiger partial charge in [0, 0.05) is 37.7 Å². The normalized spacial score (nSPS) is 12.1. The van der Waals surface area contributed by atoms with Crippen LogP contribution in [0.25, 0.3) is 0 Å². The molecule has 32 heavy (non-hydrogen) atoms. The van der Waals surface area contributed by atoms with E-state index in [-0.39, 0.29) is 11.7 Å². The number of likely N-dealkylation sites (N-methyl/N-ethyl adjacent to an activating group) is 1. The van der Waals surface area contributed by atoms with Gasteiger partial charge < -0.3 is 4.90 Å². The van der Waals surface area contributed by atoms with E-state index >= 15 is 0 Å². The summed E-state index contributed by atoms with van der Waals surface area (Å²) in [7, 11) is -3.92. The summed E-state index contributed by atoms with van der Waals surface area (Å²) >= 11 is 0. The molecule has 1 amide bonds. The van der Waals surface area contributed by atoms with Crippen LogP contribution in [-0.4, -0.2) is 36.1 Å². The first-order valence-electron chi connectivity index (χ1n) is 11.9. The van der Waals surface area contributed by atoms with Crippen LogP contribution in [0.1, 0.15) is 77.2 Å². The largest absolute Gasteiger partial charge is 0.335 e. The SMILES string of the molecule is CCCCCCCCC/C=C/C=C/C(=O)N(CC)Cc1cc[n+](CCCS(=O)(=O)O)cc1. The molecule has 1 heterocycles. The molecule has 0 saturated heterocycles. The van der Waals surface area contributed by atoms with Crippen LogP contribution in [0.3, 0.4) is 0 Å². The fourth-order valence-corrected chi connectivity index (χ4v) is 3.87. The minimum absolute atomic E-state index is 0.0158. The van der Waals surface area contributed by atoms with Crippen molar-refractivity contribution in [3.63, 3.8) is 0 Å². The third-order valence-electron chi connectivity index (χ3n) is 5.31. The predicted octanol–water partition coefficient (Wildman–Crippen LogP) is 4.85. The first-order chi connectivity index (χ1) is 15.4. The third kappa shape index (κ3) is 14.1. The van der Waals surface area contributed by atoms with Crippen LogP contribution < -0.4 is 4.57 Å².